The zero-order valence-corrected chi connectivity index (χ0v) is 12.9. The number of rotatable bonds is 4. The number of piperidine rings is 1. The van der Waals surface area contributed by atoms with Crippen LogP contribution < -0.4 is 5.32 Å². The van der Waals surface area contributed by atoms with E-state index in [0.29, 0.717) is 12.5 Å². The van der Waals surface area contributed by atoms with Gasteiger partial charge in [0.05, 0.1) is 5.41 Å². The number of nitrogens with one attached hydrogen (secondary N) is 1. The van der Waals surface area contributed by atoms with Crippen LogP contribution in [0.1, 0.15) is 53.4 Å². The topological polar surface area (TPSA) is 49.3 Å². The average molecular weight is 278 g/mol. The van der Waals surface area contributed by atoms with Crippen LogP contribution in [0.25, 0.3) is 0 Å². The molecule has 0 aromatic carbocycles. The molecule has 0 aromatic heterocycles. The number of aliphatic carboxylic acids is 1. The largest absolute Gasteiger partial charge is 0.481 e. The maximum Gasteiger partial charge on any atom is 0.310 e. The lowest BCUT2D eigenvalue weighted by Gasteiger charge is -2.43. The summed E-state index contributed by atoms with van der Waals surface area (Å²) in [5.74, 6) is -0.170. The molecule has 0 spiro atoms. The predicted octanol–water partition coefficient (Wildman–Crippen LogP) is 3.33. The molecule has 1 aliphatic rings. The van der Waals surface area contributed by atoms with Crippen molar-refractivity contribution in [3.8, 4) is 0 Å². The summed E-state index contributed by atoms with van der Waals surface area (Å²) in [6, 6.07) is 0. The van der Waals surface area contributed by atoms with Crippen LogP contribution in [-0.4, -0.2) is 24.2 Å². The molecule has 1 fully saturated rings. The minimum Gasteiger partial charge on any atom is -0.481 e. The Morgan fingerprint density at radius 1 is 1.44 bits per heavy atom. The van der Waals surface area contributed by atoms with Crippen molar-refractivity contribution in [2.75, 3.05) is 13.1 Å². The van der Waals surface area contributed by atoms with Crippen molar-refractivity contribution < 1.29 is 9.90 Å². The summed E-state index contributed by atoms with van der Waals surface area (Å²) in [7, 11) is 0. The van der Waals surface area contributed by atoms with Gasteiger partial charge in [-0.1, -0.05) is 40.5 Å². The Morgan fingerprint density at radius 2 is 2.06 bits per heavy atom. The number of halogens is 1. The van der Waals surface area contributed by atoms with Crippen LogP contribution in [-0.2, 0) is 4.79 Å². The summed E-state index contributed by atoms with van der Waals surface area (Å²) in [5, 5.41) is 12.9. The van der Waals surface area contributed by atoms with E-state index in [1.54, 1.807) is 0 Å². The van der Waals surface area contributed by atoms with Gasteiger partial charge in [-0.3, -0.25) is 4.79 Å². The summed E-state index contributed by atoms with van der Waals surface area (Å²) in [6.07, 6.45) is 3.69. The van der Waals surface area contributed by atoms with Crippen molar-refractivity contribution in [3.05, 3.63) is 0 Å². The quantitative estimate of drug-likeness (QED) is 0.829. The van der Waals surface area contributed by atoms with Crippen molar-refractivity contribution in [1.29, 1.82) is 0 Å². The molecule has 18 heavy (non-hydrogen) atoms. The van der Waals surface area contributed by atoms with E-state index in [0.717, 1.165) is 32.2 Å². The molecule has 3 nitrogen and oxygen atoms in total. The van der Waals surface area contributed by atoms with Crippen molar-refractivity contribution in [2.45, 2.75) is 53.4 Å². The number of carbonyl (C=O) groups is 1. The van der Waals surface area contributed by atoms with Crippen LogP contribution in [0, 0.1) is 16.7 Å². The fraction of sp³-hybridized carbons (Fsp3) is 0.929. The zero-order valence-electron chi connectivity index (χ0n) is 12.1. The second-order valence-corrected chi connectivity index (χ2v) is 6.59. The average Bonchev–Trinajstić information content (AvgIpc) is 2.25. The normalized spacial score (nSPS) is 28.6. The molecule has 1 rings (SSSR count). The molecule has 0 unspecified atom stereocenters. The highest BCUT2D eigenvalue weighted by atomic mass is 35.5. The van der Waals surface area contributed by atoms with Gasteiger partial charge in [-0.25, -0.2) is 0 Å². The van der Waals surface area contributed by atoms with E-state index in [1.807, 2.05) is 0 Å². The first-order valence-electron chi connectivity index (χ1n) is 6.76. The van der Waals surface area contributed by atoms with E-state index in [1.165, 1.54) is 0 Å². The molecule has 108 valence electrons. The Balaban J connectivity index is 0.00000289. The molecule has 1 heterocycles. The van der Waals surface area contributed by atoms with Crippen LogP contribution in [0.15, 0.2) is 0 Å². The summed E-state index contributed by atoms with van der Waals surface area (Å²) in [5.41, 5.74) is -0.355. The summed E-state index contributed by atoms with van der Waals surface area (Å²) < 4.78 is 0. The molecule has 1 saturated heterocycles. The highest BCUT2D eigenvalue weighted by Gasteiger charge is 2.44. The molecule has 2 atom stereocenters. The monoisotopic (exact) mass is 277 g/mol. The van der Waals surface area contributed by atoms with Gasteiger partial charge in [0.1, 0.15) is 0 Å². The van der Waals surface area contributed by atoms with E-state index >= 15 is 0 Å². The number of hydrogen-bond acceptors (Lipinski definition) is 2. The Labute approximate surface area is 117 Å². The third-order valence-electron chi connectivity index (χ3n) is 4.18. The van der Waals surface area contributed by atoms with Gasteiger partial charge in [0, 0.05) is 6.54 Å². The van der Waals surface area contributed by atoms with Gasteiger partial charge < -0.3 is 10.4 Å². The van der Waals surface area contributed by atoms with E-state index in [4.69, 9.17) is 0 Å². The van der Waals surface area contributed by atoms with Crippen LogP contribution in [0.3, 0.4) is 0 Å². The minimum absolute atomic E-state index is 0. The standard InChI is InChI=1S/C14H27NO2.ClH/c1-5-6-7-14(12(16)17)8-11(9-15-10-14)13(2,3)4;/h11,15H,5-10H2,1-4H3,(H,16,17);1H/t11-,14-;/m1./s1. The predicted molar refractivity (Wildman–Crippen MR) is 77.3 cm³/mol. The molecule has 0 amide bonds. The van der Waals surface area contributed by atoms with Gasteiger partial charge in [0.2, 0.25) is 0 Å². The van der Waals surface area contributed by atoms with E-state index in [9.17, 15) is 9.90 Å². The maximum atomic E-state index is 11.6. The number of carboxylic acid groups (broad SMARTS) is 1. The van der Waals surface area contributed by atoms with Gasteiger partial charge in [-0.05, 0) is 30.7 Å². The van der Waals surface area contributed by atoms with Crippen molar-refractivity contribution in [2.24, 2.45) is 16.7 Å². The molecule has 0 aliphatic carbocycles. The molecule has 4 heteroatoms. The fourth-order valence-electron chi connectivity index (χ4n) is 2.69. The first-order valence-corrected chi connectivity index (χ1v) is 6.76. The lowest BCUT2D eigenvalue weighted by Crippen LogP contribution is -2.51. The third-order valence-corrected chi connectivity index (χ3v) is 4.18. The Morgan fingerprint density at radius 3 is 2.50 bits per heavy atom. The first kappa shape index (κ1) is 17.7. The molecular formula is C14H28ClNO2. The van der Waals surface area contributed by atoms with Crippen LogP contribution >= 0.6 is 12.4 Å². The second-order valence-electron chi connectivity index (χ2n) is 6.59. The molecule has 1 aliphatic heterocycles. The molecule has 2 N–H and O–H groups in total. The Bertz CT molecular complexity index is 275. The fourth-order valence-corrected chi connectivity index (χ4v) is 2.69. The Hall–Kier alpha value is -0.280. The van der Waals surface area contributed by atoms with Gasteiger partial charge in [0.25, 0.3) is 0 Å². The lowest BCUT2D eigenvalue weighted by molar-refractivity contribution is -0.152. The number of hydrogen-bond donors (Lipinski definition) is 2. The van der Waals surface area contributed by atoms with Gasteiger partial charge in [-0.15, -0.1) is 12.4 Å². The summed E-state index contributed by atoms with van der Waals surface area (Å²) in [6.45, 7) is 10.3. The molecule has 0 aromatic rings. The first-order chi connectivity index (χ1) is 7.82. The van der Waals surface area contributed by atoms with Crippen molar-refractivity contribution in [1.82, 2.24) is 5.32 Å². The smallest absolute Gasteiger partial charge is 0.310 e. The Kier molecular flexibility index (Phi) is 6.66. The maximum absolute atomic E-state index is 11.6. The lowest BCUT2D eigenvalue weighted by atomic mass is 9.66. The van der Waals surface area contributed by atoms with E-state index < -0.39 is 11.4 Å². The van der Waals surface area contributed by atoms with Crippen LogP contribution in [0.2, 0.25) is 0 Å². The van der Waals surface area contributed by atoms with Gasteiger partial charge >= 0.3 is 5.97 Å². The number of unbranched alkanes of at least 4 members (excludes halogenated alkanes) is 1. The highest BCUT2D eigenvalue weighted by Crippen LogP contribution is 2.41. The van der Waals surface area contributed by atoms with Crippen molar-refractivity contribution >= 4 is 18.4 Å². The minimum atomic E-state index is -0.618. The molecule has 0 radical (unpaired) electrons. The van der Waals surface area contributed by atoms with E-state index in [2.05, 4.69) is 33.0 Å². The zero-order chi connectivity index (χ0) is 13.1. The molecule has 0 bridgehead atoms. The molecular weight excluding hydrogens is 250 g/mol. The van der Waals surface area contributed by atoms with Crippen molar-refractivity contribution in [3.63, 3.8) is 0 Å². The van der Waals surface area contributed by atoms with Crippen LogP contribution in [0.4, 0.5) is 0 Å². The second kappa shape index (κ2) is 6.76. The highest BCUT2D eigenvalue weighted by molar-refractivity contribution is 5.85. The summed E-state index contributed by atoms with van der Waals surface area (Å²) in [4.78, 5) is 11.6. The molecule has 0 saturated carbocycles. The SMILES string of the molecule is CCCC[C@]1(C(=O)O)CNC[C@H](C(C)(C)C)C1.Cl. The van der Waals surface area contributed by atoms with Gasteiger partial charge in [-0.2, -0.15) is 0 Å². The van der Waals surface area contributed by atoms with E-state index in [-0.39, 0.29) is 17.8 Å². The summed E-state index contributed by atoms with van der Waals surface area (Å²) >= 11 is 0. The van der Waals surface area contributed by atoms with Crippen LogP contribution in [0.5, 0.6) is 0 Å². The third kappa shape index (κ3) is 4.13. The van der Waals surface area contributed by atoms with Gasteiger partial charge in [0.15, 0.2) is 0 Å². The number of carboxylic acids is 1.